The Morgan fingerprint density at radius 2 is 1.93 bits per heavy atom. The highest BCUT2D eigenvalue weighted by molar-refractivity contribution is 4.97. The lowest BCUT2D eigenvalue weighted by atomic mass is 9.78. The minimum absolute atomic E-state index is 0.591. The maximum absolute atomic E-state index is 5.99. The molecule has 3 aliphatic rings. The molecule has 1 saturated carbocycles. The van der Waals surface area contributed by atoms with E-state index in [-0.39, 0.29) is 0 Å². The van der Waals surface area contributed by atoms with E-state index in [9.17, 15) is 0 Å². The van der Waals surface area contributed by atoms with Gasteiger partial charge in [-0.05, 0) is 45.1 Å². The van der Waals surface area contributed by atoms with Gasteiger partial charge in [0.1, 0.15) is 0 Å². The fourth-order valence-corrected chi connectivity index (χ4v) is 4.17. The fourth-order valence-electron chi connectivity index (χ4n) is 4.17. The molecule has 4 unspecified atom stereocenters. The van der Waals surface area contributed by atoms with Gasteiger partial charge >= 0.3 is 0 Å². The van der Waals surface area contributed by atoms with Gasteiger partial charge in [-0.1, -0.05) is 12.8 Å². The predicted molar refractivity (Wildman–Crippen MR) is 60.8 cm³/mol. The molecule has 4 atom stereocenters. The zero-order valence-electron chi connectivity index (χ0n) is 9.74. The van der Waals surface area contributed by atoms with E-state index in [1.165, 1.54) is 44.9 Å². The number of hydrogen-bond donors (Lipinski definition) is 1. The first-order valence-corrected chi connectivity index (χ1v) is 6.71. The SMILES string of the molecule is CNC(C1CCCC1)C1CC2CCC1O2. The Kier molecular flexibility index (Phi) is 2.73. The van der Waals surface area contributed by atoms with Crippen LogP contribution in [0.4, 0.5) is 0 Å². The van der Waals surface area contributed by atoms with Gasteiger partial charge in [0.05, 0.1) is 12.2 Å². The van der Waals surface area contributed by atoms with Crippen molar-refractivity contribution in [3.63, 3.8) is 0 Å². The van der Waals surface area contributed by atoms with Crippen LogP contribution in [-0.4, -0.2) is 25.3 Å². The minimum atomic E-state index is 0.591. The number of rotatable bonds is 3. The molecular formula is C13H23NO. The van der Waals surface area contributed by atoms with Gasteiger partial charge in [0, 0.05) is 12.0 Å². The summed E-state index contributed by atoms with van der Waals surface area (Å²) in [6.45, 7) is 0. The van der Waals surface area contributed by atoms with Crippen LogP contribution in [0.2, 0.25) is 0 Å². The van der Waals surface area contributed by atoms with Gasteiger partial charge in [-0.25, -0.2) is 0 Å². The summed E-state index contributed by atoms with van der Waals surface area (Å²) < 4.78 is 5.99. The van der Waals surface area contributed by atoms with Crippen LogP contribution < -0.4 is 5.32 Å². The summed E-state index contributed by atoms with van der Waals surface area (Å²) >= 11 is 0. The van der Waals surface area contributed by atoms with Crippen LogP contribution in [0.5, 0.6) is 0 Å². The van der Waals surface area contributed by atoms with E-state index in [2.05, 4.69) is 12.4 Å². The maximum Gasteiger partial charge on any atom is 0.0623 e. The van der Waals surface area contributed by atoms with Crippen molar-refractivity contribution in [3.8, 4) is 0 Å². The normalized spacial score (nSPS) is 42.6. The molecule has 2 saturated heterocycles. The third-order valence-corrected chi connectivity index (χ3v) is 4.86. The topological polar surface area (TPSA) is 21.3 Å². The average molecular weight is 209 g/mol. The van der Waals surface area contributed by atoms with E-state index in [1.54, 1.807) is 0 Å². The molecular weight excluding hydrogens is 186 g/mol. The molecule has 0 radical (unpaired) electrons. The molecule has 1 aliphatic carbocycles. The van der Waals surface area contributed by atoms with E-state index >= 15 is 0 Å². The van der Waals surface area contributed by atoms with Gasteiger partial charge in [-0.3, -0.25) is 0 Å². The Hall–Kier alpha value is -0.0800. The van der Waals surface area contributed by atoms with Crippen LogP contribution in [0.25, 0.3) is 0 Å². The zero-order valence-corrected chi connectivity index (χ0v) is 9.74. The molecule has 2 heterocycles. The summed E-state index contributed by atoms with van der Waals surface area (Å²) in [5.74, 6) is 1.75. The molecule has 2 heteroatoms. The quantitative estimate of drug-likeness (QED) is 0.770. The molecule has 86 valence electrons. The van der Waals surface area contributed by atoms with Crippen molar-refractivity contribution in [3.05, 3.63) is 0 Å². The third kappa shape index (κ3) is 1.72. The minimum Gasteiger partial charge on any atom is -0.375 e. The summed E-state index contributed by atoms with van der Waals surface area (Å²) in [5, 5.41) is 3.59. The average Bonchev–Trinajstić information content (AvgIpc) is 2.94. The summed E-state index contributed by atoms with van der Waals surface area (Å²) in [4.78, 5) is 0. The van der Waals surface area contributed by atoms with E-state index in [0.717, 1.165) is 17.9 Å². The molecule has 2 bridgehead atoms. The predicted octanol–water partition coefficient (Wildman–Crippen LogP) is 2.33. The molecule has 0 spiro atoms. The van der Waals surface area contributed by atoms with Gasteiger partial charge < -0.3 is 10.1 Å². The van der Waals surface area contributed by atoms with Crippen molar-refractivity contribution < 1.29 is 4.74 Å². The molecule has 0 aromatic rings. The molecule has 2 aliphatic heterocycles. The Morgan fingerprint density at radius 3 is 2.47 bits per heavy atom. The largest absolute Gasteiger partial charge is 0.375 e. The van der Waals surface area contributed by atoms with Crippen LogP contribution in [0.3, 0.4) is 0 Å². The first kappa shape index (κ1) is 10.1. The van der Waals surface area contributed by atoms with Crippen LogP contribution >= 0.6 is 0 Å². The highest BCUT2D eigenvalue weighted by Gasteiger charge is 2.46. The Balaban J connectivity index is 1.68. The van der Waals surface area contributed by atoms with Crippen molar-refractivity contribution in [1.29, 1.82) is 0 Å². The van der Waals surface area contributed by atoms with Crippen molar-refractivity contribution in [2.24, 2.45) is 11.8 Å². The zero-order chi connectivity index (χ0) is 10.3. The van der Waals surface area contributed by atoms with Gasteiger partial charge in [-0.2, -0.15) is 0 Å². The first-order chi connectivity index (χ1) is 7.38. The fraction of sp³-hybridized carbons (Fsp3) is 1.00. The van der Waals surface area contributed by atoms with Gasteiger partial charge in [0.15, 0.2) is 0 Å². The lowest BCUT2D eigenvalue weighted by Crippen LogP contribution is -2.43. The van der Waals surface area contributed by atoms with E-state index in [1.807, 2.05) is 0 Å². The molecule has 0 amide bonds. The number of nitrogens with one attached hydrogen (secondary N) is 1. The van der Waals surface area contributed by atoms with Crippen LogP contribution in [-0.2, 0) is 4.74 Å². The lowest BCUT2D eigenvalue weighted by molar-refractivity contribution is 0.0805. The van der Waals surface area contributed by atoms with E-state index in [0.29, 0.717) is 12.2 Å². The molecule has 2 nitrogen and oxygen atoms in total. The van der Waals surface area contributed by atoms with Crippen LogP contribution in [0, 0.1) is 11.8 Å². The van der Waals surface area contributed by atoms with Crippen LogP contribution in [0.1, 0.15) is 44.9 Å². The number of fused-ring (bicyclic) bond motifs is 2. The molecule has 3 fully saturated rings. The first-order valence-electron chi connectivity index (χ1n) is 6.71. The summed E-state index contributed by atoms with van der Waals surface area (Å²) in [5.41, 5.74) is 0. The van der Waals surface area contributed by atoms with Gasteiger partial charge in [0.25, 0.3) is 0 Å². The van der Waals surface area contributed by atoms with Crippen LogP contribution in [0.15, 0.2) is 0 Å². The second-order valence-corrected chi connectivity index (χ2v) is 5.63. The van der Waals surface area contributed by atoms with Gasteiger partial charge in [-0.15, -0.1) is 0 Å². The number of hydrogen-bond acceptors (Lipinski definition) is 2. The highest BCUT2D eigenvalue weighted by Crippen LogP contribution is 2.44. The summed E-state index contributed by atoms with van der Waals surface area (Å²) in [6.07, 6.45) is 11.0. The molecule has 15 heavy (non-hydrogen) atoms. The Labute approximate surface area is 92.8 Å². The van der Waals surface area contributed by atoms with Gasteiger partial charge in [0.2, 0.25) is 0 Å². The van der Waals surface area contributed by atoms with Crippen molar-refractivity contribution in [2.75, 3.05) is 7.05 Å². The standard InChI is InChI=1S/C13H23NO/c1-14-13(9-4-2-3-5-9)11-8-10-6-7-12(11)15-10/h9-14H,2-8H2,1H3. The molecule has 1 N–H and O–H groups in total. The second-order valence-electron chi connectivity index (χ2n) is 5.63. The second kappa shape index (κ2) is 4.06. The third-order valence-electron chi connectivity index (χ3n) is 4.86. The highest BCUT2D eigenvalue weighted by atomic mass is 16.5. The van der Waals surface area contributed by atoms with Crippen molar-refractivity contribution in [2.45, 2.75) is 63.2 Å². The van der Waals surface area contributed by atoms with Crippen molar-refractivity contribution >= 4 is 0 Å². The van der Waals surface area contributed by atoms with Crippen molar-refractivity contribution in [1.82, 2.24) is 5.32 Å². The summed E-state index contributed by atoms with van der Waals surface area (Å²) in [7, 11) is 2.15. The number of ether oxygens (including phenoxy) is 1. The lowest BCUT2D eigenvalue weighted by Gasteiger charge is -2.32. The monoisotopic (exact) mass is 209 g/mol. The molecule has 0 aromatic carbocycles. The van der Waals surface area contributed by atoms with E-state index < -0.39 is 0 Å². The molecule has 3 rings (SSSR count). The Morgan fingerprint density at radius 1 is 1.13 bits per heavy atom. The van der Waals surface area contributed by atoms with E-state index in [4.69, 9.17) is 4.74 Å². The smallest absolute Gasteiger partial charge is 0.0623 e. The Bertz CT molecular complexity index is 225. The molecule has 0 aromatic heterocycles. The maximum atomic E-state index is 5.99. The summed E-state index contributed by atoms with van der Waals surface area (Å²) in [6, 6.07) is 0.739.